The maximum atomic E-state index is 12.3. The lowest BCUT2D eigenvalue weighted by Crippen LogP contribution is -2.38. The molecule has 0 spiro atoms. The SMILES string of the molecule is CCN1C(=O)COc2cc(-c3noc(C(=O)N4CCCC4)n3)ccc21. The lowest BCUT2D eigenvalue weighted by Gasteiger charge is -2.28. The number of amides is 2. The van der Waals surface area contributed by atoms with Gasteiger partial charge in [0.25, 0.3) is 5.91 Å². The minimum absolute atomic E-state index is 0.000835. The van der Waals surface area contributed by atoms with Crippen LogP contribution in [-0.4, -0.2) is 53.1 Å². The molecule has 0 atom stereocenters. The van der Waals surface area contributed by atoms with E-state index in [2.05, 4.69) is 10.1 Å². The van der Waals surface area contributed by atoms with Crippen LogP contribution in [0.5, 0.6) is 5.75 Å². The summed E-state index contributed by atoms with van der Waals surface area (Å²) in [5.74, 6) is 0.625. The smallest absolute Gasteiger partial charge is 0.316 e. The highest BCUT2D eigenvalue weighted by molar-refractivity contribution is 5.98. The van der Waals surface area contributed by atoms with Gasteiger partial charge in [-0.15, -0.1) is 0 Å². The summed E-state index contributed by atoms with van der Waals surface area (Å²) in [5, 5.41) is 3.91. The van der Waals surface area contributed by atoms with Gasteiger partial charge in [-0.2, -0.15) is 4.98 Å². The highest BCUT2D eigenvalue weighted by Gasteiger charge is 2.27. The number of carbonyl (C=O) groups excluding carboxylic acids is 2. The van der Waals surface area contributed by atoms with Gasteiger partial charge < -0.3 is 19.1 Å². The monoisotopic (exact) mass is 342 g/mol. The molecular weight excluding hydrogens is 324 g/mol. The molecule has 25 heavy (non-hydrogen) atoms. The fourth-order valence-corrected chi connectivity index (χ4v) is 3.17. The van der Waals surface area contributed by atoms with Crippen molar-refractivity contribution in [1.82, 2.24) is 15.0 Å². The molecule has 0 saturated carbocycles. The van der Waals surface area contributed by atoms with Gasteiger partial charge in [0.05, 0.1) is 5.69 Å². The van der Waals surface area contributed by atoms with Crippen LogP contribution in [0.15, 0.2) is 22.7 Å². The van der Waals surface area contributed by atoms with Crippen molar-refractivity contribution < 1.29 is 18.8 Å². The number of ether oxygens (including phenoxy) is 1. The van der Waals surface area contributed by atoms with Crippen LogP contribution in [-0.2, 0) is 4.79 Å². The quantitative estimate of drug-likeness (QED) is 0.844. The van der Waals surface area contributed by atoms with Gasteiger partial charge in [-0.1, -0.05) is 5.16 Å². The molecule has 4 rings (SSSR count). The Morgan fingerprint density at radius 1 is 1.28 bits per heavy atom. The van der Waals surface area contributed by atoms with Crippen molar-refractivity contribution in [2.24, 2.45) is 0 Å². The molecule has 1 aromatic carbocycles. The van der Waals surface area contributed by atoms with Gasteiger partial charge in [0.2, 0.25) is 5.82 Å². The van der Waals surface area contributed by atoms with Crippen LogP contribution in [0.1, 0.15) is 30.5 Å². The third-order valence-corrected chi connectivity index (χ3v) is 4.48. The van der Waals surface area contributed by atoms with E-state index in [4.69, 9.17) is 9.26 Å². The summed E-state index contributed by atoms with van der Waals surface area (Å²) < 4.78 is 10.7. The van der Waals surface area contributed by atoms with Gasteiger partial charge in [-0.05, 0) is 38.0 Å². The number of likely N-dealkylation sites (tertiary alicyclic amines) is 1. The molecule has 1 fully saturated rings. The molecule has 8 nitrogen and oxygen atoms in total. The van der Waals surface area contributed by atoms with Crippen LogP contribution in [0.25, 0.3) is 11.4 Å². The second kappa shape index (κ2) is 6.19. The maximum absolute atomic E-state index is 12.3. The lowest BCUT2D eigenvalue weighted by atomic mass is 10.1. The summed E-state index contributed by atoms with van der Waals surface area (Å²) in [4.78, 5) is 31.8. The fraction of sp³-hybridized carbons (Fsp3) is 0.412. The van der Waals surface area contributed by atoms with E-state index in [1.54, 1.807) is 28.0 Å². The van der Waals surface area contributed by atoms with Crippen LogP contribution < -0.4 is 9.64 Å². The molecule has 2 aliphatic rings. The first-order valence-corrected chi connectivity index (χ1v) is 8.38. The number of fused-ring (bicyclic) bond motifs is 1. The molecule has 0 aliphatic carbocycles. The topological polar surface area (TPSA) is 88.8 Å². The third-order valence-electron chi connectivity index (χ3n) is 4.48. The average Bonchev–Trinajstić information content (AvgIpc) is 3.32. The first kappa shape index (κ1) is 15.6. The molecule has 2 aliphatic heterocycles. The van der Waals surface area contributed by atoms with Crippen LogP contribution in [0.3, 0.4) is 0 Å². The van der Waals surface area contributed by atoms with Crippen LogP contribution in [0.2, 0.25) is 0 Å². The second-order valence-corrected chi connectivity index (χ2v) is 6.03. The number of carbonyl (C=O) groups is 2. The van der Waals surface area contributed by atoms with Crippen molar-refractivity contribution in [3.8, 4) is 17.1 Å². The Labute approximate surface area is 144 Å². The second-order valence-electron chi connectivity index (χ2n) is 6.03. The number of anilines is 1. The zero-order valence-corrected chi connectivity index (χ0v) is 13.9. The molecule has 8 heteroatoms. The van der Waals surface area contributed by atoms with Crippen molar-refractivity contribution in [3.05, 3.63) is 24.1 Å². The van der Waals surface area contributed by atoms with E-state index in [0.29, 0.717) is 23.7 Å². The summed E-state index contributed by atoms with van der Waals surface area (Å²) in [5.41, 5.74) is 1.40. The number of hydrogen-bond acceptors (Lipinski definition) is 6. The predicted octanol–water partition coefficient (Wildman–Crippen LogP) is 1.72. The first-order valence-electron chi connectivity index (χ1n) is 8.38. The van der Waals surface area contributed by atoms with E-state index in [1.165, 1.54) is 0 Å². The van der Waals surface area contributed by atoms with Gasteiger partial charge in [-0.25, -0.2) is 0 Å². The molecule has 0 unspecified atom stereocenters. The first-order chi connectivity index (χ1) is 12.2. The summed E-state index contributed by atoms with van der Waals surface area (Å²) >= 11 is 0. The molecule has 0 bridgehead atoms. The zero-order valence-electron chi connectivity index (χ0n) is 13.9. The normalized spacial score (nSPS) is 16.8. The molecular formula is C17H18N4O4. The number of benzene rings is 1. The summed E-state index contributed by atoms with van der Waals surface area (Å²) in [6.07, 6.45) is 2.00. The Hall–Kier alpha value is -2.90. The standard InChI is InChI=1S/C17H18N4O4/c1-2-21-12-6-5-11(9-13(12)24-10-14(21)22)15-18-16(25-19-15)17(23)20-7-3-4-8-20/h5-6,9H,2-4,7-8,10H2,1H3. The summed E-state index contributed by atoms with van der Waals surface area (Å²) in [6, 6.07) is 5.35. The van der Waals surface area contributed by atoms with E-state index in [1.807, 2.05) is 6.92 Å². The van der Waals surface area contributed by atoms with Crippen molar-refractivity contribution >= 4 is 17.5 Å². The minimum atomic E-state index is -0.229. The Balaban J connectivity index is 1.61. The van der Waals surface area contributed by atoms with Crippen LogP contribution in [0.4, 0.5) is 5.69 Å². The van der Waals surface area contributed by atoms with Gasteiger partial charge in [-0.3, -0.25) is 9.59 Å². The number of likely N-dealkylation sites (N-methyl/N-ethyl adjacent to an activating group) is 1. The number of rotatable bonds is 3. The third kappa shape index (κ3) is 2.73. The molecule has 1 saturated heterocycles. The Kier molecular flexibility index (Phi) is 3.87. The van der Waals surface area contributed by atoms with Crippen LogP contribution in [0, 0.1) is 0 Å². The number of nitrogens with zero attached hydrogens (tertiary/aromatic N) is 4. The molecule has 0 N–H and O–H groups in total. The van der Waals surface area contributed by atoms with E-state index >= 15 is 0 Å². The molecule has 3 heterocycles. The molecule has 1 aromatic heterocycles. The van der Waals surface area contributed by atoms with Gasteiger partial charge in [0, 0.05) is 25.2 Å². The van der Waals surface area contributed by atoms with E-state index < -0.39 is 0 Å². The molecule has 2 aromatic rings. The Bertz CT molecular complexity index is 826. The Morgan fingerprint density at radius 2 is 2.08 bits per heavy atom. The maximum Gasteiger partial charge on any atom is 0.316 e. The van der Waals surface area contributed by atoms with E-state index in [-0.39, 0.29) is 24.3 Å². The van der Waals surface area contributed by atoms with Crippen LogP contribution >= 0.6 is 0 Å². The Morgan fingerprint density at radius 3 is 2.84 bits per heavy atom. The zero-order chi connectivity index (χ0) is 17.4. The molecule has 130 valence electrons. The number of hydrogen-bond donors (Lipinski definition) is 0. The van der Waals surface area contributed by atoms with Crippen molar-refractivity contribution in [3.63, 3.8) is 0 Å². The molecule has 2 amide bonds. The molecule has 0 radical (unpaired) electrons. The largest absolute Gasteiger partial charge is 0.482 e. The number of aromatic nitrogens is 2. The summed E-state index contributed by atoms with van der Waals surface area (Å²) in [7, 11) is 0. The van der Waals surface area contributed by atoms with Crippen molar-refractivity contribution in [2.45, 2.75) is 19.8 Å². The van der Waals surface area contributed by atoms with E-state index in [0.717, 1.165) is 31.6 Å². The van der Waals surface area contributed by atoms with Crippen molar-refractivity contribution in [2.75, 3.05) is 31.1 Å². The highest BCUT2D eigenvalue weighted by Crippen LogP contribution is 2.35. The lowest BCUT2D eigenvalue weighted by molar-refractivity contribution is -0.121. The highest BCUT2D eigenvalue weighted by atomic mass is 16.5. The van der Waals surface area contributed by atoms with Crippen molar-refractivity contribution in [1.29, 1.82) is 0 Å². The minimum Gasteiger partial charge on any atom is -0.482 e. The summed E-state index contributed by atoms with van der Waals surface area (Å²) in [6.45, 7) is 3.95. The fourth-order valence-electron chi connectivity index (χ4n) is 3.17. The average molecular weight is 342 g/mol. The van der Waals surface area contributed by atoms with Gasteiger partial charge >= 0.3 is 11.8 Å². The predicted molar refractivity (Wildman–Crippen MR) is 88.4 cm³/mol. The van der Waals surface area contributed by atoms with E-state index in [9.17, 15) is 9.59 Å². The van der Waals surface area contributed by atoms with Gasteiger partial charge in [0.1, 0.15) is 5.75 Å². The van der Waals surface area contributed by atoms with Gasteiger partial charge in [0.15, 0.2) is 6.61 Å².